The standard InChI is InChI=1S/C15H15F2N/c1-10-12(4-3-5-14(10)16)13-7-6-11(9-18-2)8-15(13)17/h3-8,18H,9H2,1-2H3. The van der Waals surface area contributed by atoms with Crippen LogP contribution in [0.25, 0.3) is 11.1 Å². The van der Waals surface area contributed by atoms with Gasteiger partial charge in [0.25, 0.3) is 0 Å². The van der Waals surface area contributed by atoms with Gasteiger partial charge in [-0.15, -0.1) is 0 Å². The Morgan fingerprint density at radius 1 is 1.00 bits per heavy atom. The van der Waals surface area contributed by atoms with Crippen LogP contribution in [-0.2, 0) is 6.54 Å². The van der Waals surface area contributed by atoms with Gasteiger partial charge in [-0.3, -0.25) is 0 Å². The lowest BCUT2D eigenvalue weighted by molar-refractivity contribution is 0.616. The summed E-state index contributed by atoms with van der Waals surface area (Å²) in [6.07, 6.45) is 0. The largest absolute Gasteiger partial charge is 0.316 e. The predicted molar refractivity (Wildman–Crippen MR) is 69.3 cm³/mol. The van der Waals surface area contributed by atoms with E-state index in [1.807, 2.05) is 13.1 Å². The molecule has 0 aliphatic carbocycles. The molecule has 2 aromatic carbocycles. The van der Waals surface area contributed by atoms with Crippen molar-refractivity contribution in [3.63, 3.8) is 0 Å². The Balaban J connectivity index is 2.48. The first-order valence-corrected chi connectivity index (χ1v) is 5.82. The third-order valence-electron chi connectivity index (χ3n) is 2.97. The lowest BCUT2D eigenvalue weighted by Gasteiger charge is -2.09. The van der Waals surface area contributed by atoms with E-state index in [1.165, 1.54) is 12.1 Å². The quantitative estimate of drug-likeness (QED) is 0.872. The average molecular weight is 247 g/mol. The number of benzene rings is 2. The third kappa shape index (κ3) is 2.41. The van der Waals surface area contributed by atoms with Crippen molar-refractivity contribution in [3.05, 3.63) is 59.2 Å². The van der Waals surface area contributed by atoms with Gasteiger partial charge in [0, 0.05) is 12.1 Å². The van der Waals surface area contributed by atoms with Crippen molar-refractivity contribution in [3.8, 4) is 11.1 Å². The zero-order valence-corrected chi connectivity index (χ0v) is 10.4. The number of hydrogen-bond donors (Lipinski definition) is 1. The molecule has 0 saturated heterocycles. The topological polar surface area (TPSA) is 12.0 Å². The van der Waals surface area contributed by atoms with E-state index in [-0.39, 0.29) is 11.6 Å². The minimum Gasteiger partial charge on any atom is -0.316 e. The van der Waals surface area contributed by atoms with Crippen LogP contribution in [-0.4, -0.2) is 7.05 Å². The SMILES string of the molecule is CNCc1ccc(-c2cccc(F)c2C)c(F)c1. The zero-order chi connectivity index (χ0) is 13.1. The van der Waals surface area contributed by atoms with Crippen molar-refractivity contribution in [1.29, 1.82) is 0 Å². The van der Waals surface area contributed by atoms with E-state index in [2.05, 4.69) is 5.32 Å². The highest BCUT2D eigenvalue weighted by molar-refractivity contribution is 5.68. The van der Waals surface area contributed by atoms with E-state index in [0.717, 1.165) is 5.56 Å². The summed E-state index contributed by atoms with van der Waals surface area (Å²) in [5.41, 5.74) is 2.38. The van der Waals surface area contributed by atoms with Crippen molar-refractivity contribution >= 4 is 0 Å². The minimum absolute atomic E-state index is 0.314. The smallest absolute Gasteiger partial charge is 0.131 e. The van der Waals surface area contributed by atoms with Crippen LogP contribution in [0.2, 0.25) is 0 Å². The zero-order valence-electron chi connectivity index (χ0n) is 10.4. The molecule has 0 atom stereocenters. The Labute approximate surface area is 105 Å². The molecule has 0 heterocycles. The van der Waals surface area contributed by atoms with Crippen molar-refractivity contribution in [1.82, 2.24) is 5.32 Å². The van der Waals surface area contributed by atoms with Gasteiger partial charge in [0.1, 0.15) is 11.6 Å². The summed E-state index contributed by atoms with van der Waals surface area (Å²) < 4.78 is 27.5. The van der Waals surface area contributed by atoms with Crippen molar-refractivity contribution in [2.75, 3.05) is 7.05 Å². The minimum atomic E-state index is -0.323. The van der Waals surface area contributed by atoms with Crippen LogP contribution < -0.4 is 5.32 Å². The number of halogens is 2. The summed E-state index contributed by atoms with van der Waals surface area (Å²) in [5, 5.41) is 2.96. The molecule has 3 heteroatoms. The molecule has 0 radical (unpaired) electrons. The lowest BCUT2D eigenvalue weighted by atomic mass is 9.98. The Hall–Kier alpha value is -1.74. The molecule has 0 aromatic heterocycles. The van der Waals surface area contributed by atoms with Gasteiger partial charge in [0.15, 0.2) is 0 Å². The fourth-order valence-corrected chi connectivity index (χ4v) is 1.99. The molecule has 2 aromatic rings. The molecule has 0 aliphatic rings. The van der Waals surface area contributed by atoms with Crippen LogP contribution in [0.5, 0.6) is 0 Å². The second-order valence-corrected chi connectivity index (χ2v) is 4.26. The summed E-state index contributed by atoms with van der Waals surface area (Å²) in [6, 6.07) is 9.73. The van der Waals surface area contributed by atoms with E-state index in [1.54, 1.807) is 25.1 Å². The molecule has 0 amide bonds. The maximum absolute atomic E-state index is 14.0. The molecule has 94 valence electrons. The van der Waals surface area contributed by atoms with Crippen LogP contribution in [0.3, 0.4) is 0 Å². The predicted octanol–water partition coefficient (Wildman–Crippen LogP) is 3.66. The first-order valence-electron chi connectivity index (χ1n) is 5.82. The number of hydrogen-bond acceptors (Lipinski definition) is 1. The second-order valence-electron chi connectivity index (χ2n) is 4.26. The normalized spacial score (nSPS) is 10.7. The van der Waals surface area contributed by atoms with Crippen LogP contribution in [0.4, 0.5) is 8.78 Å². The fraction of sp³-hybridized carbons (Fsp3) is 0.200. The molecular formula is C15H15F2N. The summed E-state index contributed by atoms with van der Waals surface area (Å²) in [7, 11) is 1.81. The van der Waals surface area contributed by atoms with Crippen LogP contribution in [0.15, 0.2) is 36.4 Å². The Morgan fingerprint density at radius 2 is 1.78 bits per heavy atom. The van der Waals surface area contributed by atoms with E-state index >= 15 is 0 Å². The Bertz CT molecular complexity index is 564. The van der Waals surface area contributed by atoms with Crippen LogP contribution in [0.1, 0.15) is 11.1 Å². The van der Waals surface area contributed by atoms with Gasteiger partial charge in [-0.25, -0.2) is 8.78 Å². The average Bonchev–Trinajstić information content (AvgIpc) is 2.34. The highest BCUT2D eigenvalue weighted by atomic mass is 19.1. The summed E-state index contributed by atoms with van der Waals surface area (Å²) in [6.45, 7) is 2.27. The molecule has 0 unspecified atom stereocenters. The Kier molecular flexibility index (Phi) is 3.72. The third-order valence-corrected chi connectivity index (χ3v) is 2.97. The summed E-state index contributed by atoms with van der Waals surface area (Å²) in [5.74, 6) is -0.636. The first-order chi connectivity index (χ1) is 8.63. The lowest BCUT2D eigenvalue weighted by Crippen LogP contribution is -2.05. The molecule has 0 bridgehead atoms. The van der Waals surface area contributed by atoms with Crippen LogP contribution >= 0.6 is 0 Å². The van der Waals surface area contributed by atoms with E-state index in [4.69, 9.17) is 0 Å². The molecule has 0 fully saturated rings. The van der Waals surface area contributed by atoms with Gasteiger partial charge in [-0.2, -0.15) is 0 Å². The van der Waals surface area contributed by atoms with Crippen molar-refractivity contribution < 1.29 is 8.78 Å². The van der Waals surface area contributed by atoms with Gasteiger partial charge >= 0.3 is 0 Å². The van der Waals surface area contributed by atoms with Gasteiger partial charge < -0.3 is 5.32 Å². The van der Waals surface area contributed by atoms with E-state index in [0.29, 0.717) is 23.2 Å². The van der Waals surface area contributed by atoms with Crippen LogP contribution in [0, 0.1) is 18.6 Å². The van der Waals surface area contributed by atoms with Gasteiger partial charge in [-0.1, -0.05) is 24.3 Å². The first kappa shape index (κ1) is 12.7. The Morgan fingerprint density at radius 3 is 2.44 bits per heavy atom. The van der Waals surface area contributed by atoms with Crippen molar-refractivity contribution in [2.45, 2.75) is 13.5 Å². The number of nitrogens with one attached hydrogen (secondary N) is 1. The summed E-state index contributed by atoms with van der Waals surface area (Å²) >= 11 is 0. The molecule has 2 rings (SSSR count). The molecule has 1 N–H and O–H groups in total. The maximum Gasteiger partial charge on any atom is 0.131 e. The second kappa shape index (κ2) is 5.27. The maximum atomic E-state index is 14.0. The van der Waals surface area contributed by atoms with E-state index < -0.39 is 0 Å². The number of rotatable bonds is 3. The molecule has 0 saturated carbocycles. The van der Waals surface area contributed by atoms with Gasteiger partial charge in [0.05, 0.1) is 0 Å². The molecular weight excluding hydrogens is 232 g/mol. The molecule has 1 nitrogen and oxygen atoms in total. The van der Waals surface area contributed by atoms with Gasteiger partial charge in [0.2, 0.25) is 0 Å². The van der Waals surface area contributed by atoms with E-state index in [9.17, 15) is 8.78 Å². The molecule has 0 spiro atoms. The fourth-order valence-electron chi connectivity index (χ4n) is 1.99. The highest BCUT2D eigenvalue weighted by Gasteiger charge is 2.10. The monoisotopic (exact) mass is 247 g/mol. The molecule has 0 aliphatic heterocycles. The highest BCUT2D eigenvalue weighted by Crippen LogP contribution is 2.28. The summed E-state index contributed by atoms with van der Waals surface area (Å²) in [4.78, 5) is 0. The van der Waals surface area contributed by atoms with Gasteiger partial charge in [-0.05, 0) is 42.8 Å². The molecule has 18 heavy (non-hydrogen) atoms. The van der Waals surface area contributed by atoms with Crippen molar-refractivity contribution in [2.24, 2.45) is 0 Å².